The van der Waals surface area contributed by atoms with Gasteiger partial charge in [0.25, 0.3) is 11.8 Å². The van der Waals surface area contributed by atoms with Crippen molar-refractivity contribution in [2.75, 3.05) is 6.61 Å². The van der Waals surface area contributed by atoms with Gasteiger partial charge in [-0.15, -0.1) is 0 Å². The van der Waals surface area contributed by atoms with Crippen molar-refractivity contribution in [1.82, 2.24) is 4.90 Å². The molecule has 1 aliphatic heterocycles. The van der Waals surface area contributed by atoms with E-state index in [0.717, 1.165) is 17.3 Å². The highest BCUT2D eigenvalue weighted by molar-refractivity contribution is 9.10. The minimum atomic E-state index is -0.739. The van der Waals surface area contributed by atoms with E-state index in [1.807, 2.05) is 0 Å². The number of carbonyl (C=O) groups excluding carboxylic acids is 2. The van der Waals surface area contributed by atoms with E-state index in [-0.39, 0.29) is 18.4 Å². The number of aliphatic hydroxyl groups is 1. The van der Waals surface area contributed by atoms with Crippen LogP contribution in [0.4, 0.5) is 0 Å². The first kappa shape index (κ1) is 14.7. The van der Waals surface area contributed by atoms with Crippen LogP contribution in [0.5, 0.6) is 0 Å². The lowest BCUT2D eigenvalue weighted by atomic mass is 9.75. The summed E-state index contributed by atoms with van der Waals surface area (Å²) in [5.41, 5.74) is 0.131. The van der Waals surface area contributed by atoms with Gasteiger partial charge < -0.3 is 5.11 Å². The summed E-state index contributed by atoms with van der Waals surface area (Å²) >= 11 is 3.34. The fourth-order valence-electron chi connectivity index (χ4n) is 3.69. The summed E-state index contributed by atoms with van der Waals surface area (Å²) in [6, 6.07) is 5.13. The first-order valence-electron chi connectivity index (χ1n) is 7.28. The third-order valence-electron chi connectivity index (χ3n) is 4.68. The predicted octanol–water partition coefficient (Wildman–Crippen LogP) is 2.99. The predicted molar refractivity (Wildman–Crippen MR) is 82.1 cm³/mol. The van der Waals surface area contributed by atoms with Gasteiger partial charge in [0.15, 0.2) is 0 Å². The van der Waals surface area contributed by atoms with Crippen molar-refractivity contribution in [1.29, 1.82) is 0 Å². The Bertz CT molecular complexity index is 616. The fraction of sp³-hybridized carbons (Fsp3) is 0.500. The van der Waals surface area contributed by atoms with Crippen LogP contribution in [0.2, 0.25) is 0 Å². The Morgan fingerprint density at radius 2 is 2.05 bits per heavy atom. The molecule has 0 bridgehead atoms. The summed E-state index contributed by atoms with van der Waals surface area (Å²) in [5.74, 6) is -0.146. The number of rotatable bonds is 2. The van der Waals surface area contributed by atoms with Crippen LogP contribution in [-0.4, -0.2) is 34.0 Å². The monoisotopic (exact) mass is 351 g/mol. The second kappa shape index (κ2) is 5.21. The number of benzene rings is 1. The zero-order chi connectivity index (χ0) is 15.2. The van der Waals surface area contributed by atoms with E-state index in [9.17, 15) is 14.7 Å². The third-order valence-corrected chi connectivity index (χ3v) is 5.18. The molecule has 1 fully saturated rings. The summed E-state index contributed by atoms with van der Waals surface area (Å²) in [4.78, 5) is 26.7. The molecule has 0 aromatic heterocycles. The normalized spacial score (nSPS) is 28.9. The summed E-state index contributed by atoms with van der Waals surface area (Å²) in [6.45, 7) is 1.95. The van der Waals surface area contributed by atoms with E-state index in [4.69, 9.17) is 0 Å². The molecule has 112 valence electrons. The summed E-state index contributed by atoms with van der Waals surface area (Å²) in [6.07, 6.45) is 3.37. The first-order chi connectivity index (χ1) is 9.98. The van der Waals surface area contributed by atoms with Crippen molar-refractivity contribution in [3.8, 4) is 0 Å². The molecule has 0 spiro atoms. The Hall–Kier alpha value is -1.20. The number of carbonyl (C=O) groups is 2. The number of nitrogens with zero attached hydrogens (tertiary/aromatic N) is 1. The maximum Gasteiger partial charge on any atom is 0.262 e. The van der Waals surface area contributed by atoms with Crippen molar-refractivity contribution >= 4 is 27.7 Å². The molecule has 0 saturated heterocycles. The van der Waals surface area contributed by atoms with Gasteiger partial charge in [0.1, 0.15) is 0 Å². The highest BCUT2D eigenvalue weighted by Crippen LogP contribution is 2.41. The van der Waals surface area contributed by atoms with Crippen LogP contribution in [0, 0.1) is 5.92 Å². The van der Waals surface area contributed by atoms with Gasteiger partial charge in [-0.05, 0) is 37.0 Å². The molecule has 1 heterocycles. The summed E-state index contributed by atoms with van der Waals surface area (Å²) in [7, 11) is 0. The van der Waals surface area contributed by atoms with Crippen LogP contribution >= 0.6 is 15.9 Å². The standard InChI is InChI=1S/C16H18BrNO3/c1-10-3-2-6-16(8-10,9-19)18-14(20)12-5-4-11(17)7-13(12)15(18)21/h4-5,7,10,19H,2-3,6,8-9H2,1H3. The lowest BCUT2D eigenvalue weighted by Crippen LogP contribution is -2.56. The van der Waals surface area contributed by atoms with E-state index in [0.29, 0.717) is 29.9 Å². The lowest BCUT2D eigenvalue weighted by molar-refractivity contribution is 0.00339. The quantitative estimate of drug-likeness (QED) is 0.833. The lowest BCUT2D eigenvalue weighted by Gasteiger charge is -2.44. The molecular formula is C16H18BrNO3. The molecule has 2 unspecified atom stereocenters. The molecule has 1 aromatic carbocycles. The van der Waals surface area contributed by atoms with E-state index in [2.05, 4.69) is 22.9 Å². The van der Waals surface area contributed by atoms with Gasteiger partial charge in [-0.25, -0.2) is 0 Å². The van der Waals surface area contributed by atoms with Gasteiger partial charge in [0.05, 0.1) is 23.3 Å². The molecule has 1 N–H and O–H groups in total. The molecular weight excluding hydrogens is 334 g/mol. The first-order valence-corrected chi connectivity index (χ1v) is 8.07. The Balaban J connectivity index is 2.04. The van der Waals surface area contributed by atoms with Gasteiger partial charge in [-0.3, -0.25) is 14.5 Å². The van der Waals surface area contributed by atoms with Crippen LogP contribution in [0.3, 0.4) is 0 Å². The average molecular weight is 352 g/mol. The molecule has 2 amide bonds. The zero-order valence-corrected chi connectivity index (χ0v) is 13.5. The number of halogens is 1. The molecule has 2 atom stereocenters. The zero-order valence-electron chi connectivity index (χ0n) is 11.9. The van der Waals surface area contributed by atoms with Crippen LogP contribution in [-0.2, 0) is 0 Å². The molecule has 0 radical (unpaired) electrons. The molecule has 1 saturated carbocycles. The molecule has 5 heteroatoms. The molecule has 4 nitrogen and oxygen atoms in total. The number of imide groups is 1. The average Bonchev–Trinajstić information content (AvgIpc) is 2.70. The molecule has 2 aliphatic rings. The van der Waals surface area contributed by atoms with Crippen LogP contribution < -0.4 is 0 Å². The van der Waals surface area contributed by atoms with Crippen molar-refractivity contribution in [2.45, 2.75) is 38.1 Å². The van der Waals surface area contributed by atoms with Crippen LogP contribution in [0.15, 0.2) is 22.7 Å². The maximum absolute atomic E-state index is 12.7. The molecule has 3 rings (SSSR count). The van der Waals surface area contributed by atoms with Gasteiger partial charge in [0, 0.05) is 4.47 Å². The van der Waals surface area contributed by atoms with Crippen LogP contribution in [0.25, 0.3) is 0 Å². The number of hydrogen-bond donors (Lipinski definition) is 1. The second-order valence-corrected chi connectivity index (χ2v) is 7.14. The van der Waals surface area contributed by atoms with E-state index >= 15 is 0 Å². The van der Waals surface area contributed by atoms with Gasteiger partial charge in [-0.2, -0.15) is 0 Å². The van der Waals surface area contributed by atoms with E-state index in [1.165, 1.54) is 4.90 Å². The minimum Gasteiger partial charge on any atom is -0.394 e. The number of amides is 2. The smallest absolute Gasteiger partial charge is 0.262 e. The molecule has 1 aromatic rings. The number of aliphatic hydroxyl groups excluding tert-OH is 1. The highest BCUT2D eigenvalue weighted by atomic mass is 79.9. The highest BCUT2D eigenvalue weighted by Gasteiger charge is 2.50. The van der Waals surface area contributed by atoms with Crippen molar-refractivity contribution < 1.29 is 14.7 Å². The summed E-state index contributed by atoms with van der Waals surface area (Å²) in [5, 5.41) is 9.93. The third kappa shape index (κ3) is 2.23. The largest absolute Gasteiger partial charge is 0.394 e. The number of fused-ring (bicyclic) bond motifs is 1. The fourth-order valence-corrected chi connectivity index (χ4v) is 4.05. The molecule has 1 aliphatic carbocycles. The molecule has 21 heavy (non-hydrogen) atoms. The summed E-state index contributed by atoms with van der Waals surface area (Å²) < 4.78 is 0.777. The Kier molecular flexibility index (Phi) is 3.66. The van der Waals surface area contributed by atoms with Gasteiger partial charge >= 0.3 is 0 Å². The maximum atomic E-state index is 12.7. The Morgan fingerprint density at radius 3 is 2.71 bits per heavy atom. The van der Waals surface area contributed by atoms with E-state index in [1.54, 1.807) is 18.2 Å². The van der Waals surface area contributed by atoms with E-state index < -0.39 is 5.54 Å². The second-order valence-electron chi connectivity index (χ2n) is 6.22. The van der Waals surface area contributed by atoms with Crippen molar-refractivity contribution in [3.63, 3.8) is 0 Å². The minimum absolute atomic E-state index is 0.163. The number of hydrogen-bond acceptors (Lipinski definition) is 3. The van der Waals surface area contributed by atoms with Crippen molar-refractivity contribution in [3.05, 3.63) is 33.8 Å². The van der Waals surface area contributed by atoms with Crippen LogP contribution in [0.1, 0.15) is 53.3 Å². The van der Waals surface area contributed by atoms with Gasteiger partial charge in [0.2, 0.25) is 0 Å². The topological polar surface area (TPSA) is 57.6 Å². The Labute approximate surface area is 132 Å². The van der Waals surface area contributed by atoms with Gasteiger partial charge in [-0.1, -0.05) is 35.7 Å². The SMILES string of the molecule is CC1CCCC(CO)(N2C(=O)c3ccc(Br)cc3C2=O)C1. The van der Waals surface area contributed by atoms with Crippen molar-refractivity contribution in [2.24, 2.45) is 5.92 Å². The Morgan fingerprint density at radius 1 is 1.33 bits per heavy atom.